The van der Waals surface area contributed by atoms with Crippen molar-refractivity contribution in [3.8, 4) is 11.1 Å². The molecule has 3 aromatic carbocycles. The maximum absolute atomic E-state index is 13.4. The Bertz CT molecular complexity index is 1470. The average Bonchev–Trinajstić information content (AvgIpc) is 2.77. The molecule has 0 unspecified atom stereocenters. The number of esters is 1. The van der Waals surface area contributed by atoms with Crippen LogP contribution < -0.4 is 0 Å². The number of nitrogens with zero attached hydrogens (tertiary/aromatic N) is 1. The standard InChI is InChI=1S/C27H21NO4/c1-4-32-27(31)22(15(3)29)18-10-11-19-24-23(16-7-5-6-8-17(16)26(19)30)20-13-14(2)9-12-21(20)28-25(18)24/h5-13,22H,4H2,1-3H3/t22-/m0/s1. The number of ether oxygens (including phenoxy) is 1. The molecule has 5 heteroatoms. The third kappa shape index (κ3) is 2.85. The molecule has 1 heterocycles. The van der Waals surface area contributed by atoms with Crippen LogP contribution in [0.1, 0.15) is 46.8 Å². The summed E-state index contributed by atoms with van der Waals surface area (Å²) in [5, 5.41) is 1.62. The predicted molar refractivity (Wildman–Crippen MR) is 123 cm³/mol. The molecule has 1 aliphatic rings. The Morgan fingerprint density at radius 3 is 2.47 bits per heavy atom. The number of pyridine rings is 1. The molecule has 0 saturated heterocycles. The predicted octanol–water partition coefficient (Wildman–Crippen LogP) is 5.14. The number of aromatic nitrogens is 1. The van der Waals surface area contributed by atoms with Crippen molar-refractivity contribution in [3.63, 3.8) is 0 Å². The second-order valence-electron chi connectivity index (χ2n) is 8.10. The SMILES string of the molecule is CCOC(=O)[C@@H](C(C)=O)c1ccc2c3c(c4cc(C)ccc4nc13)-c1ccccc1C2=O. The lowest BCUT2D eigenvalue weighted by Crippen LogP contribution is -2.23. The van der Waals surface area contributed by atoms with Crippen LogP contribution in [0.15, 0.2) is 54.6 Å². The van der Waals surface area contributed by atoms with Crippen molar-refractivity contribution in [2.75, 3.05) is 6.61 Å². The molecule has 1 aromatic heterocycles. The number of hydrogen-bond acceptors (Lipinski definition) is 5. The lowest BCUT2D eigenvalue weighted by atomic mass is 9.80. The zero-order chi connectivity index (χ0) is 22.6. The zero-order valence-corrected chi connectivity index (χ0v) is 18.1. The van der Waals surface area contributed by atoms with Crippen molar-refractivity contribution in [2.45, 2.75) is 26.7 Å². The van der Waals surface area contributed by atoms with Crippen molar-refractivity contribution in [2.24, 2.45) is 0 Å². The lowest BCUT2D eigenvalue weighted by Gasteiger charge is -2.24. The Hall–Kier alpha value is -3.86. The molecule has 158 valence electrons. The number of carbonyl (C=O) groups excluding carboxylic acids is 3. The van der Waals surface area contributed by atoms with Crippen LogP contribution in [-0.4, -0.2) is 29.1 Å². The molecule has 4 aromatic rings. The number of benzene rings is 3. The Morgan fingerprint density at radius 1 is 1.00 bits per heavy atom. The molecule has 0 spiro atoms. The highest BCUT2D eigenvalue weighted by Crippen LogP contribution is 2.45. The van der Waals surface area contributed by atoms with Gasteiger partial charge >= 0.3 is 5.97 Å². The molecule has 5 rings (SSSR count). The van der Waals surface area contributed by atoms with Crippen LogP contribution in [0.4, 0.5) is 0 Å². The summed E-state index contributed by atoms with van der Waals surface area (Å²) < 4.78 is 5.20. The van der Waals surface area contributed by atoms with Crippen LogP contribution in [0.2, 0.25) is 0 Å². The van der Waals surface area contributed by atoms with Gasteiger partial charge in [-0.3, -0.25) is 14.4 Å². The first-order chi connectivity index (χ1) is 15.4. The summed E-state index contributed by atoms with van der Waals surface area (Å²) in [6.45, 7) is 5.26. The molecular weight excluding hydrogens is 402 g/mol. The van der Waals surface area contributed by atoms with Gasteiger partial charge in [0.25, 0.3) is 0 Å². The molecule has 1 aliphatic carbocycles. The van der Waals surface area contributed by atoms with Crippen molar-refractivity contribution < 1.29 is 19.1 Å². The summed E-state index contributed by atoms with van der Waals surface area (Å²) in [7, 11) is 0. The van der Waals surface area contributed by atoms with Gasteiger partial charge in [0, 0.05) is 33.0 Å². The Kier molecular flexibility index (Phi) is 4.63. The van der Waals surface area contributed by atoms with E-state index in [1.165, 1.54) is 6.92 Å². The molecule has 1 atom stereocenters. The summed E-state index contributed by atoms with van der Waals surface area (Å²) in [6, 6.07) is 16.9. The zero-order valence-electron chi connectivity index (χ0n) is 18.1. The molecule has 32 heavy (non-hydrogen) atoms. The first-order valence-corrected chi connectivity index (χ1v) is 10.6. The van der Waals surface area contributed by atoms with Gasteiger partial charge in [0.2, 0.25) is 0 Å². The van der Waals surface area contributed by atoms with Crippen LogP contribution >= 0.6 is 0 Å². The molecule has 0 fully saturated rings. The van der Waals surface area contributed by atoms with E-state index in [0.717, 1.165) is 27.6 Å². The van der Waals surface area contributed by atoms with Gasteiger partial charge in [0.15, 0.2) is 5.78 Å². The monoisotopic (exact) mass is 423 g/mol. The van der Waals surface area contributed by atoms with Crippen molar-refractivity contribution >= 4 is 39.3 Å². The highest BCUT2D eigenvalue weighted by Gasteiger charge is 2.33. The Labute approximate surface area is 185 Å². The van der Waals surface area contributed by atoms with Gasteiger partial charge in [-0.2, -0.15) is 0 Å². The molecule has 0 saturated carbocycles. The van der Waals surface area contributed by atoms with E-state index in [9.17, 15) is 14.4 Å². The maximum atomic E-state index is 13.4. The fourth-order valence-corrected chi connectivity index (χ4v) is 4.67. The highest BCUT2D eigenvalue weighted by atomic mass is 16.5. The Balaban J connectivity index is 1.97. The molecule has 0 amide bonds. The lowest BCUT2D eigenvalue weighted by molar-refractivity contribution is -0.147. The summed E-state index contributed by atoms with van der Waals surface area (Å²) >= 11 is 0. The smallest absolute Gasteiger partial charge is 0.321 e. The first kappa shape index (κ1) is 20.1. The highest BCUT2D eigenvalue weighted by molar-refractivity contribution is 6.29. The van der Waals surface area contributed by atoms with Gasteiger partial charge in [-0.05, 0) is 44.5 Å². The molecule has 0 radical (unpaired) electrons. The minimum Gasteiger partial charge on any atom is -0.465 e. The van der Waals surface area contributed by atoms with E-state index in [1.54, 1.807) is 19.1 Å². The van der Waals surface area contributed by atoms with Crippen LogP contribution in [-0.2, 0) is 14.3 Å². The van der Waals surface area contributed by atoms with E-state index in [1.807, 2.05) is 43.3 Å². The second kappa shape index (κ2) is 7.38. The number of Topliss-reactive ketones (excluding diaryl/α,β-unsaturated/α-hetero) is 1. The summed E-state index contributed by atoms with van der Waals surface area (Å²) in [5.41, 5.74) is 5.68. The fourth-order valence-electron chi connectivity index (χ4n) is 4.67. The molecular formula is C27H21NO4. The van der Waals surface area contributed by atoms with E-state index >= 15 is 0 Å². The van der Waals surface area contributed by atoms with Gasteiger partial charge < -0.3 is 4.74 Å². The van der Waals surface area contributed by atoms with Gasteiger partial charge in [-0.1, -0.05) is 42.0 Å². The number of rotatable bonds is 4. The van der Waals surface area contributed by atoms with Gasteiger partial charge in [0.1, 0.15) is 11.7 Å². The van der Waals surface area contributed by atoms with Crippen molar-refractivity contribution in [1.29, 1.82) is 0 Å². The molecule has 0 aliphatic heterocycles. The van der Waals surface area contributed by atoms with Crippen LogP contribution in [0.3, 0.4) is 0 Å². The number of fused-ring (bicyclic) bond motifs is 4. The van der Waals surface area contributed by atoms with Crippen molar-refractivity contribution in [3.05, 3.63) is 76.9 Å². The quantitative estimate of drug-likeness (QED) is 0.227. The van der Waals surface area contributed by atoms with Crippen molar-refractivity contribution in [1.82, 2.24) is 4.98 Å². The normalized spacial score (nSPS) is 13.2. The van der Waals surface area contributed by atoms with E-state index in [0.29, 0.717) is 27.6 Å². The van der Waals surface area contributed by atoms with Gasteiger partial charge in [0.05, 0.1) is 17.6 Å². The van der Waals surface area contributed by atoms with Gasteiger partial charge in [-0.15, -0.1) is 0 Å². The second-order valence-corrected chi connectivity index (χ2v) is 8.10. The van der Waals surface area contributed by atoms with E-state index in [2.05, 4.69) is 6.07 Å². The Morgan fingerprint density at radius 2 is 1.75 bits per heavy atom. The van der Waals surface area contributed by atoms with E-state index in [-0.39, 0.29) is 18.2 Å². The fraction of sp³-hybridized carbons (Fsp3) is 0.185. The minimum atomic E-state index is -1.10. The van der Waals surface area contributed by atoms with Crippen LogP contribution in [0.5, 0.6) is 0 Å². The maximum Gasteiger partial charge on any atom is 0.321 e. The van der Waals surface area contributed by atoms with E-state index in [4.69, 9.17) is 9.72 Å². The number of carbonyl (C=O) groups is 3. The topological polar surface area (TPSA) is 73.3 Å². The molecule has 5 nitrogen and oxygen atoms in total. The number of ketones is 2. The number of aryl methyl sites for hydroxylation is 1. The van der Waals surface area contributed by atoms with E-state index < -0.39 is 11.9 Å². The summed E-state index contributed by atoms with van der Waals surface area (Å²) in [6.07, 6.45) is 0. The average molecular weight is 423 g/mol. The van der Waals surface area contributed by atoms with Crippen LogP contribution in [0, 0.1) is 6.92 Å². The molecule has 0 bridgehead atoms. The van der Waals surface area contributed by atoms with Crippen LogP contribution in [0.25, 0.3) is 32.9 Å². The number of hydrogen-bond donors (Lipinski definition) is 0. The molecule has 0 N–H and O–H groups in total. The minimum absolute atomic E-state index is 0.0889. The summed E-state index contributed by atoms with van der Waals surface area (Å²) in [5.74, 6) is -2.12. The first-order valence-electron chi connectivity index (χ1n) is 10.6. The van der Waals surface area contributed by atoms with Gasteiger partial charge in [-0.25, -0.2) is 4.98 Å². The third-order valence-corrected chi connectivity index (χ3v) is 6.04. The third-order valence-electron chi connectivity index (χ3n) is 6.04. The largest absolute Gasteiger partial charge is 0.465 e. The summed E-state index contributed by atoms with van der Waals surface area (Å²) in [4.78, 5) is 43.5.